The lowest BCUT2D eigenvalue weighted by Crippen LogP contribution is -2.59. The molecule has 0 radical (unpaired) electrons. The number of nitrogens with one attached hydrogen (secondary N) is 1. The molecular formula is C27H34FN5O5S. The highest BCUT2D eigenvalue weighted by Gasteiger charge is 2.53. The van der Waals surface area contributed by atoms with Crippen molar-refractivity contribution in [2.24, 2.45) is 5.92 Å². The summed E-state index contributed by atoms with van der Waals surface area (Å²) in [4.78, 5) is 44.7. The summed E-state index contributed by atoms with van der Waals surface area (Å²) in [5, 5.41) is 0.0274. The molecule has 0 bridgehead atoms. The largest absolute Gasteiger partial charge is 0.341 e. The van der Waals surface area contributed by atoms with Crippen LogP contribution in [0.3, 0.4) is 0 Å². The minimum absolute atomic E-state index is 0.0274. The van der Waals surface area contributed by atoms with E-state index < -0.39 is 39.3 Å². The Morgan fingerprint density at radius 1 is 1.03 bits per heavy atom. The van der Waals surface area contributed by atoms with Crippen molar-refractivity contribution in [3.63, 3.8) is 0 Å². The lowest BCUT2D eigenvalue weighted by molar-refractivity contribution is -0.147. The lowest BCUT2D eigenvalue weighted by atomic mass is 9.85. The fraction of sp³-hybridized carbons (Fsp3) is 0.444. The van der Waals surface area contributed by atoms with Gasteiger partial charge in [-0.15, -0.1) is 0 Å². The summed E-state index contributed by atoms with van der Waals surface area (Å²) in [6.07, 6.45) is 1.73. The number of hydrogen-bond donors (Lipinski definition) is 1. The zero-order valence-electron chi connectivity index (χ0n) is 22.5. The van der Waals surface area contributed by atoms with E-state index in [0.29, 0.717) is 25.2 Å². The molecule has 210 valence electrons. The first-order valence-electron chi connectivity index (χ1n) is 12.8. The second kappa shape index (κ2) is 10.8. The average molecular weight is 560 g/mol. The lowest BCUT2D eigenvalue weighted by Gasteiger charge is -2.44. The summed E-state index contributed by atoms with van der Waals surface area (Å²) in [5.74, 6) is -1.91. The number of likely N-dealkylation sites (tertiary alicyclic amines) is 1. The molecule has 10 nitrogen and oxygen atoms in total. The molecule has 2 aliphatic rings. The molecule has 1 spiro atoms. The van der Waals surface area contributed by atoms with Gasteiger partial charge in [-0.3, -0.25) is 19.1 Å². The summed E-state index contributed by atoms with van der Waals surface area (Å²) >= 11 is 0. The van der Waals surface area contributed by atoms with E-state index in [2.05, 4.69) is 4.72 Å². The minimum Gasteiger partial charge on any atom is -0.341 e. The molecule has 0 saturated carbocycles. The SMILES string of the molecule is CC(C)C(C(=O)N1CCC2(CC1)C(=O)N(C)CN2c1ccc(NS(C)(=O)=O)cc1)N(F)C(=O)c1ccccc1. The number of rotatable bonds is 7. The number of halogens is 1. The van der Waals surface area contributed by atoms with Crippen molar-refractivity contribution in [2.75, 3.05) is 42.7 Å². The highest BCUT2D eigenvalue weighted by molar-refractivity contribution is 7.92. The van der Waals surface area contributed by atoms with Gasteiger partial charge in [-0.25, -0.2) is 8.42 Å². The van der Waals surface area contributed by atoms with Crippen LogP contribution in [0, 0.1) is 5.92 Å². The number of likely N-dealkylation sites (N-methyl/N-ethyl adjacent to an activating group) is 1. The Kier molecular flexibility index (Phi) is 7.87. The maximum atomic E-state index is 15.4. The number of nitrogens with zero attached hydrogens (tertiary/aromatic N) is 4. The summed E-state index contributed by atoms with van der Waals surface area (Å²) in [6.45, 7) is 4.17. The molecule has 2 saturated heterocycles. The Balaban J connectivity index is 1.51. The van der Waals surface area contributed by atoms with Gasteiger partial charge < -0.3 is 14.7 Å². The number of carbonyl (C=O) groups is 3. The van der Waals surface area contributed by atoms with Crippen molar-refractivity contribution in [1.29, 1.82) is 0 Å². The van der Waals surface area contributed by atoms with Crippen LogP contribution in [0.5, 0.6) is 0 Å². The number of sulfonamides is 1. The Bertz CT molecular complexity index is 1330. The second-order valence-electron chi connectivity index (χ2n) is 10.5. The molecule has 0 aromatic heterocycles. The Labute approximate surface area is 228 Å². The normalized spacial score (nSPS) is 18.0. The smallest absolute Gasteiger partial charge is 0.282 e. The molecule has 2 aromatic rings. The van der Waals surface area contributed by atoms with Crippen LogP contribution in [0.1, 0.15) is 37.0 Å². The predicted octanol–water partition coefficient (Wildman–Crippen LogP) is 2.71. The van der Waals surface area contributed by atoms with E-state index >= 15 is 4.48 Å². The highest BCUT2D eigenvalue weighted by Crippen LogP contribution is 2.39. The fourth-order valence-corrected chi connectivity index (χ4v) is 5.94. The van der Waals surface area contributed by atoms with Crippen LogP contribution in [-0.2, 0) is 19.6 Å². The number of hydrogen-bond acceptors (Lipinski definition) is 6. The van der Waals surface area contributed by atoms with Crippen LogP contribution in [0.4, 0.5) is 15.9 Å². The van der Waals surface area contributed by atoms with E-state index in [1.54, 1.807) is 68.3 Å². The third-order valence-electron chi connectivity index (χ3n) is 7.34. The first-order chi connectivity index (χ1) is 18.3. The maximum Gasteiger partial charge on any atom is 0.282 e. The molecule has 2 aliphatic heterocycles. The molecule has 1 unspecified atom stereocenters. The van der Waals surface area contributed by atoms with Crippen LogP contribution in [0.2, 0.25) is 0 Å². The van der Waals surface area contributed by atoms with Crippen LogP contribution in [0.15, 0.2) is 54.6 Å². The van der Waals surface area contributed by atoms with E-state index in [0.717, 1.165) is 11.9 Å². The van der Waals surface area contributed by atoms with Gasteiger partial charge in [0, 0.05) is 37.1 Å². The van der Waals surface area contributed by atoms with Gasteiger partial charge in [0.1, 0.15) is 11.6 Å². The first kappa shape index (κ1) is 28.3. The van der Waals surface area contributed by atoms with Gasteiger partial charge in [0.2, 0.25) is 21.8 Å². The van der Waals surface area contributed by atoms with Gasteiger partial charge in [-0.2, -0.15) is 5.12 Å². The van der Waals surface area contributed by atoms with Crippen molar-refractivity contribution in [1.82, 2.24) is 14.9 Å². The van der Waals surface area contributed by atoms with Crippen LogP contribution >= 0.6 is 0 Å². The average Bonchev–Trinajstić information content (AvgIpc) is 3.13. The number of amides is 3. The van der Waals surface area contributed by atoms with Crippen molar-refractivity contribution < 1.29 is 27.3 Å². The zero-order chi connectivity index (χ0) is 28.5. The van der Waals surface area contributed by atoms with Crippen molar-refractivity contribution in [3.05, 3.63) is 60.2 Å². The van der Waals surface area contributed by atoms with Crippen molar-refractivity contribution in [3.8, 4) is 0 Å². The Morgan fingerprint density at radius 2 is 1.62 bits per heavy atom. The fourth-order valence-electron chi connectivity index (χ4n) is 5.38. The molecule has 2 aromatic carbocycles. The minimum atomic E-state index is -3.42. The molecule has 0 aliphatic carbocycles. The molecule has 1 atom stereocenters. The van der Waals surface area contributed by atoms with Gasteiger partial charge in [-0.05, 0) is 55.2 Å². The summed E-state index contributed by atoms with van der Waals surface area (Å²) < 4.78 is 40.9. The van der Waals surface area contributed by atoms with Crippen LogP contribution in [0.25, 0.3) is 0 Å². The Hall–Kier alpha value is -3.67. The van der Waals surface area contributed by atoms with E-state index in [4.69, 9.17) is 0 Å². The quantitative estimate of drug-likeness (QED) is 0.523. The topological polar surface area (TPSA) is 110 Å². The van der Waals surface area contributed by atoms with Gasteiger partial charge >= 0.3 is 0 Å². The molecule has 4 rings (SSSR count). The first-order valence-corrected chi connectivity index (χ1v) is 14.7. The summed E-state index contributed by atoms with van der Waals surface area (Å²) in [7, 11) is -1.71. The molecule has 39 heavy (non-hydrogen) atoms. The highest BCUT2D eigenvalue weighted by atomic mass is 32.2. The number of benzene rings is 2. The van der Waals surface area contributed by atoms with Crippen molar-refractivity contribution >= 4 is 39.1 Å². The standard InChI is InChI=1S/C27H34FN5O5S/c1-19(2)23(33(28)24(34)20-8-6-5-7-9-20)25(35)31-16-14-27(15-17-31)26(36)30(3)18-32(27)22-12-10-21(11-13-22)29-39(4,37)38/h5-13,19,23,29H,14-18H2,1-4H3. The predicted molar refractivity (Wildman–Crippen MR) is 146 cm³/mol. The third-order valence-corrected chi connectivity index (χ3v) is 7.95. The molecule has 3 amide bonds. The second-order valence-corrected chi connectivity index (χ2v) is 12.3. The van der Waals surface area contributed by atoms with Crippen LogP contribution < -0.4 is 9.62 Å². The van der Waals surface area contributed by atoms with Crippen LogP contribution in [-0.4, -0.2) is 85.7 Å². The van der Waals surface area contributed by atoms with E-state index in [1.807, 2.05) is 4.90 Å². The van der Waals surface area contributed by atoms with E-state index in [-0.39, 0.29) is 29.7 Å². The molecular weight excluding hydrogens is 525 g/mol. The molecule has 1 N–H and O–H groups in total. The molecule has 2 heterocycles. The van der Waals surface area contributed by atoms with E-state index in [1.165, 1.54) is 17.0 Å². The van der Waals surface area contributed by atoms with Gasteiger partial charge in [0.25, 0.3) is 5.91 Å². The maximum absolute atomic E-state index is 15.4. The molecule has 2 fully saturated rings. The van der Waals surface area contributed by atoms with Gasteiger partial charge in [0.05, 0.1) is 12.9 Å². The zero-order valence-corrected chi connectivity index (χ0v) is 23.3. The monoisotopic (exact) mass is 559 g/mol. The third kappa shape index (κ3) is 5.70. The van der Waals surface area contributed by atoms with Crippen molar-refractivity contribution in [2.45, 2.75) is 38.3 Å². The molecule has 12 heteroatoms. The summed E-state index contributed by atoms with van der Waals surface area (Å²) in [6, 6.07) is 13.5. The summed E-state index contributed by atoms with van der Waals surface area (Å²) in [5.41, 5.74) is 0.425. The number of piperidine rings is 1. The van der Waals surface area contributed by atoms with Gasteiger partial charge in [0.15, 0.2) is 0 Å². The van der Waals surface area contributed by atoms with E-state index in [9.17, 15) is 22.8 Å². The van der Waals surface area contributed by atoms with Gasteiger partial charge in [-0.1, -0.05) is 36.5 Å². The number of carbonyl (C=O) groups excluding carboxylic acids is 3. The number of anilines is 2. The Morgan fingerprint density at radius 3 is 2.15 bits per heavy atom.